The van der Waals surface area contributed by atoms with Crippen molar-refractivity contribution in [1.29, 1.82) is 0 Å². The Morgan fingerprint density at radius 2 is 0.223 bits per heavy atom. The van der Waals surface area contributed by atoms with Gasteiger partial charge in [-0.1, -0.05) is 353 Å². The van der Waals surface area contributed by atoms with Crippen molar-refractivity contribution in [3.05, 3.63) is 0 Å². The quantitative estimate of drug-likeness (QED) is 0.181. The molecule has 0 bridgehead atoms. The van der Waals surface area contributed by atoms with Crippen LogP contribution in [0.4, 0.5) is 0 Å². The van der Waals surface area contributed by atoms with E-state index < -0.39 is 0 Å². The van der Waals surface area contributed by atoms with Crippen molar-refractivity contribution in [2.45, 2.75) is 631 Å². The number of hydrogen-bond acceptors (Lipinski definition) is 4. The van der Waals surface area contributed by atoms with Crippen LogP contribution in [0.5, 0.6) is 0 Å². The third-order valence-electron chi connectivity index (χ3n) is 37.7. The van der Waals surface area contributed by atoms with Crippen molar-refractivity contribution in [2.75, 3.05) is 0 Å². The second kappa shape index (κ2) is 49.2. The normalized spacial score (nSPS) is 36.8. The van der Waals surface area contributed by atoms with E-state index in [2.05, 4.69) is 19.6 Å². The molecule has 112 heavy (non-hydrogen) atoms. The van der Waals surface area contributed by atoms with Gasteiger partial charge < -0.3 is 0 Å². The topological polar surface area (TPSA) is 13.0 Å². The van der Waals surface area contributed by atoms with Gasteiger partial charge in [-0.2, -0.15) is 0 Å². The van der Waals surface area contributed by atoms with Crippen LogP contribution in [-0.2, 0) is 0 Å². The molecule has 1 spiro atoms. The first-order valence-corrected chi connectivity index (χ1v) is 54.8. The van der Waals surface area contributed by atoms with Crippen LogP contribution in [0.25, 0.3) is 0 Å². The molecular weight excluding hydrogens is 1350 g/mol. The molecule has 0 heterocycles. The van der Waals surface area contributed by atoms with Crippen molar-refractivity contribution < 1.29 is 0 Å². The van der Waals surface area contributed by atoms with Crippen LogP contribution in [0.2, 0.25) is 0 Å². The smallest absolute Gasteiger partial charge is 0.0101 e. The predicted octanol–water partition coefficient (Wildman–Crippen LogP) is 32.7. The monoisotopic (exact) mass is 1550 g/mol. The van der Waals surface area contributed by atoms with Crippen molar-refractivity contribution in [2.24, 2.45) is 52.8 Å². The second-order valence-electron chi connectivity index (χ2n) is 44.4. The summed E-state index contributed by atoms with van der Waals surface area (Å²) in [5.74, 6) is 7.91. The van der Waals surface area contributed by atoms with Gasteiger partial charge in [0.15, 0.2) is 0 Å². The Bertz CT molecular complexity index is 2380. The lowest BCUT2D eigenvalue weighted by Gasteiger charge is -2.51. The minimum absolute atomic E-state index is 0.553. The second-order valence-corrected chi connectivity index (χ2v) is 44.4. The molecule has 0 radical (unpaired) electrons. The van der Waals surface area contributed by atoms with Crippen LogP contribution in [0.3, 0.4) is 0 Å². The van der Waals surface area contributed by atoms with E-state index in [-0.39, 0.29) is 0 Å². The zero-order valence-corrected chi connectivity index (χ0v) is 75.4. The zero-order valence-electron chi connectivity index (χ0n) is 75.4. The summed E-state index contributed by atoms with van der Waals surface area (Å²) in [5.41, 5.74) is 0.553. The van der Waals surface area contributed by atoms with Gasteiger partial charge in [0, 0.05) is 72.5 Å². The Hall–Kier alpha value is -0.160. The molecule has 4 nitrogen and oxygen atoms in total. The van der Waals surface area contributed by atoms with Crippen LogP contribution in [0, 0.1) is 52.8 Å². The molecule has 13 unspecified atom stereocenters. The van der Waals surface area contributed by atoms with Gasteiger partial charge in [-0.3, -0.25) is 19.6 Å². The summed E-state index contributed by atoms with van der Waals surface area (Å²) < 4.78 is 0. The highest BCUT2D eigenvalue weighted by Crippen LogP contribution is 2.76. The highest BCUT2D eigenvalue weighted by molar-refractivity contribution is 5.19. The maximum absolute atomic E-state index is 3.60. The van der Waals surface area contributed by atoms with Crippen molar-refractivity contribution in [3.8, 4) is 0 Å². The Balaban J connectivity index is 0.863. The summed E-state index contributed by atoms with van der Waals surface area (Å²) in [6.45, 7) is 0. The van der Waals surface area contributed by atoms with Crippen LogP contribution in [-0.4, -0.2) is 92.1 Å². The molecule has 0 aliphatic heterocycles. The Morgan fingerprint density at radius 1 is 0.0982 bits per heavy atom. The lowest BCUT2D eigenvalue weighted by molar-refractivity contribution is -0.0330. The molecule has 0 aromatic rings. The lowest BCUT2D eigenvalue weighted by Crippen LogP contribution is -2.51. The largest absolute Gasteiger partial charge is 0.294 e. The van der Waals surface area contributed by atoms with Gasteiger partial charge in [0.05, 0.1) is 0 Å². The van der Waals surface area contributed by atoms with Crippen molar-refractivity contribution in [1.82, 2.24) is 19.6 Å². The maximum Gasteiger partial charge on any atom is 0.0101 e. The summed E-state index contributed by atoms with van der Waals surface area (Å²) >= 11 is 0. The average Bonchev–Trinajstić information content (AvgIpc) is 1.52. The molecule has 0 N–H and O–H groups in total. The highest BCUT2D eigenvalue weighted by atomic mass is 15.2. The van der Waals surface area contributed by atoms with E-state index in [1.807, 2.05) is 0 Å². The molecule has 13 atom stereocenters. The molecule has 0 saturated heterocycles. The predicted molar refractivity (Wildman–Crippen MR) is 485 cm³/mol. The van der Waals surface area contributed by atoms with Crippen molar-refractivity contribution >= 4 is 0 Å². The third-order valence-corrected chi connectivity index (χ3v) is 37.7. The molecule has 646 valence electrons. The number of nitrogens with zero attached hydrogens (tertiary/aromatic N) is 4. The molecule has 14 fully saturated rings. The third kappa shape index (κ3) is 24.4. The van der Waals surface area contributed by atoms with Crippen LogP contribution < -0.4 is 0 Å². The molecule has 0 amide bonds. The van der Waals surface area contributed by atoms with Crippen molar-refractivity contribution in [3.63, 3.8) is 0 Å². The Kier molecular flexibility index (Phi) is 38.7. The first-order valence-electron chi connectivity index (χ1n) is 54.8. The SMILES string of the molecule is C1CCCCC(N(C2CCCCCCCC2)C2CCCCC3C(CCC2)C2CCCC(N(C4CCCCCCCC4)C4CCCCCC4)CCC2C32C3CCCC(N(C4CCCCCCCC4)C4CCCCCCC4)CCCC3C3CCC(N(C4CCCCCCCCCC4)C4CCCCCCCCC4)CCC32)CCCC1. The number of fused-ring (bicyclic) bond motifs is 10. The Labute approximate surface area is 699 Å². The van der Waals surface area contributed by atoms with Gasteiger partial charge in [0.1, 0.15) is 0 Å². The summed E-state index contributed by atoms with van der Waals surface area (Å²) in [5, 5.41) is 0. The fourth-order valence-corrected chi connectivity index (χ4v) is 32.9. The van der Waals surface area contributed by atoms with Gasteiger partial charge in [-0.05, 0) is 258 Å². The maximum atomic E-state index is 3.60. The molecular formula is C108H194N4. The minimum atomic E-state index is 0.553. The van der Waals surface area contributed by atoms with E-state index in [1.165, 1.54) is 417 Å². The molecule has 14 rings (SSSR count). The van der Waals surface area contributed by atoms with Gasteiger partial charge in [0.2, 0.25) is 0 Å². The van der Waals surface area contributed by atoms with Gasteiger partial charge in [-0.25, -0.2) is 0 Å². The average molecular weight is 1550 g/mol. The molecule has 14 aliphatic rings. The summed E-state index contributed by atoms with van der Waals surface area (Å²) in [4.78, 5) is 14.2. The first kappa shape index (κ1) is 88.2. The first-order chi connectivity index (χ1) is 55.7. The molecule has 0 aromatic carbocycles. The van der Waals surface area contributed by atoms with E-state index in [9.17, 15) is 0 Å². The van der Waals surface area contributed by atoms with Crippen LogP contribution >= 0.6 is 0 Å². The number of hydrogen-bond donors (Lipinski definition) is 0. The van der Waals surface area contributed by atoms with E-state index in [1.54, 1.807) is 141 Å². The summed E-state index contributed by atoms with van der Waals surface area (Å²) in [6, 6.07) is 10.2. The fraction of sp³-hybridized carbons (Fsp3) is 1.00. The van der Waals surface area contributed by atoms with Crippen LogP contribution in [0.15, 0.2) is 0 Å². The molecule has 0 aromatic heterocycles. The summed E-state index contributed by atoms with van der Waals surface area (Å²) in [6.07, 6.45) is 134. The van der Waals surface area contributed by atoms with E-state index in [0.717, 1.165) is 120 Å². The fourth-order valence-electron chi connectivity index (χ4n) is 32.9. The zero-order chi connectivity index (χ0) is 75.9. The molecule has 14 saturated carbocycles. The molecule has 14 aliphatic carbocycles. The summed E-state index contributed by atoms with van der Waals surface area (Å²) in [7, 11) is 0. The Morgan fingerprint density at radius 3 is 0.446 bits per heavy atom. The van der Waals surface area contributed by atoms with E-state index in [0.29, 0.717) is 5.41 Å². The van der Waals surface area contributed by atoms with Gasteiger partial charge in [0.25, 0.3) is 0 Å². The number of rotatable bonds is 12. The lowest BCUT2D eigenvalue weighted by atomic mass is 9.54. The molecule has 4 heteroatoms. The minimum Gasteiger partial charge on any atom is -0.294 e. The highest BCUT2D eigenvalue weighted by Gasteiger charge is 2.71. The standard InChI is InChI=1S/C108H194N4/c1-2-6-19-37-67-94(66-36-18-5-1)112(95-68-38-22-9-4-10-23-39-69-95)99-82-85-103-102-79-53-74-97(110(91-62-46-30-17-31-47-63-91)90-60-42-26-13-14-27-43-61-90)76-55-81-105(102)108(107(103)87-84-99)104-80-51-50-72-96(109(89-58-40-24-11-12-25-41-59-89)88-56-34-20-7-3-8-21-35-57-88)73-52-77-100(104)101-78-54-75-98(83-86-106(101)108)111(93-70-48-32-33-49-71-93)92-64-44-28-15-16-29-45-65-92/h88-107H,1-87H2. The van der Waals surface area contributed by atoms with Gasteiger partial charge >= 0.3 is 0 Å². The van der Waals surface area contributed by atoms with E-state index >= 15 is 0 Å². The van der Waals surface area contributed by atoms with E-state index in [4.69, 9.17) is 0 Å². The van der Waals surface area contributed by atoms with Crippen LogP contribution in [0.1, 0.15) is 559 Å². The van der Waals surface area contributed by atoms with Gasteiger partial charge in [-0.15, -0.1) is 0 Å².